The average Bonchev–Trinajstić information content (AvgIpc) is 3.27. The Hall–Kier alpha value is -2.11. The molecule has 0 saturated heterocycles. The normalized spacial score (nSPS) is 12.1. The first-order chi connectivity index (χ1) is 30.5. The molecule has 0 aromatic heterocycles. The zero-order valence-electron chi connectivity index (χ0n) is 41.7. The molecule has 0 aromatic rings. The van der Waals surface area contributed by atoms with Crippen LogP contribution in [0.15, 0.2) is 24.3 Å². The van der Waals surface area contributed by atoms with E-state index in [0.29, 0.717) is 19.3 Å². The number of carbonyl (C=O) groups excluding carboxylic acids is 3. The van der Waals surface area contributed by atoms with Crippen LogP contribution in [0.1, 0.15) is 297 Å². The van der Waals surface area contributed by atoms with Gasteiger partial charge in [-0.25, -0.2) is 0 Å². The van der Waals surface area contributed by atoms with Crippen molar-refractivity contribution in [2.75, 3.05) is 13.2 Å². The van der Waals surface area contributed by atoms with Crippen LogP contribution in [0.5, 0.6) is 0 Å². The van der Waals surface area contributed by atoms with Gasteiger partial charge in [-0.3, -0.25) is 14.4 Å². The van der Waals surface area contributed by atoms with E-state index >= 15 is 0 Å². The van der Waals surface area contributed by atoms with Crippen molar-refractivity contribution in [1.82, 2.24) is 0 Å². The van der Waals surface area contributed by atoms with Crippen molar-refractivity contribution < 1.29 is 28.6 Å². The van der Waals surface area contributed by atoms with E-state index in [4.69, 9.17) is 14.2 Å². The Bertz CT molecular complexity index is 1000. The molecular formula is C56H104O6. The highest BCUT2D eigenvalue weighted by Crippen LogP contribution is 2.16. The molecule has 0 fully saturated rings. The third-order valence-electron chi connectivity index (χ3n) is 12.2. The standard InChI is InChI=1S/C56H104O6/c1-4-7-10-13-16-19-22-24-25-26-27-28-29-30-31-32-35-37-40-43-46-49-55(58)61-52-53(62-56(59)50-47-44-41-38-33-21-18-15-12-9-6-3)51-60-54(57)48-45-42-39-36-34-23-20-17-14-11-8-5-2/h15,18,24-25,53H,4-14,16-17,19-23,26-52H2,1-3H3/b18-15-,25-24-/t53-/m0/s1. The molecule has 0 aliphatic carbocycles. The number of ether oxygens (including phenoxy) is 3. The molecule has 364 valence electrons. The summed E-state index contributed by atoms with van der Waals surface area (Å²) in [5.41, 5.74) is 0. The molecule has 0 aliphatic rings. The number of rotatable bonds is 50. The second-order valence-electron chi connectivity index (χ2n) is 18.5. The maximum absolute atomic E-state index is 12.8. The van der Waals surface area contributed by atoms with Gasteiger partial charge < -0.3 is 14.2 Å². The fourth-order valence-corrected chi connectivity index (χ4v) is 8.01. The number of esters is 3. The lowest BCUT2D eigenvalue weighted by atomic mass is 10.0. The van der Waals surface area contributed by atoms with Gasteiger partial charge in [-0.1, -0.05) is 238 Å². The maximum Gasteiger partial charge on any atom is 0.306 e. The predicted octanol–water partition coefficient (Wildman–Crippen LogP) is 17.9. The molecule has 0 rings (SSSR count). The highest BCUT2D eigenvalue weighted by atomic mass is 16.6. The van der Waals surface area contributed by atoms with Gasteiger partial charge in [-0.15, -0.1) is 0 Å². The molecule has 0 bridgehead atoms. The van der Waals surface area contributed by atoms with E-state index in [9.17, 15) is 14.4 Å². The lowest BCUT2D eigenvalue weighted by molar-refractivity contribution is -0.167. The summed E-state index contributed by atoms with van der Waals surface area (Å²) in [6.45, 7) is 6.62. The molecule has 0 N–H and O–H groups in total. The Kier molecular flexibility index (Phi) is 49.8. The molecule has 1 atom stereocenters. The fourth-order valence-electron chi connectivity index (χ4n) is 8.01. The molecular weight excluding hydrogens is 769 g/mol. The number of hydrogen-bond donors (Lipinski definition) is 0. The largest absolute Gasteiger partial charge is 0.462 e. The summed E-state index contributed by atoms with van der Waals surface area (Å²) >= 11 is 0. The summed E-state index contributed by atoms with van der Waals surface area (Å²) in [6.07, 6.45) is 58.8. The SMILES string of the molecule is CCCC/C=C\CCCCCCCC(=O)O[C@@H](COC(=O)CCCCCCCCCCCCCC)COC(=O)CCCCCCCCCCCCC/C=C\CCCCCCCC. The summed E-state index contributed by atoms with van der Waals surface area (Å²) in [7, 11) is 0. The molecule has 0 unspecified atom stereocenters. The van der Waals surface area contributed by atoms with Crippen molar-refractivity contribution in [1.29, 1.82) is 0 Å². The monoisotopic (exact) mass is 873 g/mol. The third kappa shape index (κ3) is 48.9. The minimum atomic E-state index is -0.770. The van der Waals surface area contributed by atoms with Gasteiger partial charge in [0.2, 0.25) is 0 Å². The fraction of sp³-hybridized carbons (Fsp3) is 0.875. The van der Waals surface area contributed by atoms with Crippen molar-refractivity contribution in [3.05, 3.63) is 24.3 Å². The van der Waals surface area contributed by atoms with E-state index in [0.717, 1.165) is 64.2 Å². The van der Waals surface area contributed by atoms with Gasteiger partial charge in [-0.2, -0.15) is 0 Å². The van der Waals surface area contributed by atoms with E-state index in [1.165, 1.54) is 193 Å². The van der Waals surface area contributed by atoms with E-state index < -0.39 is 6.10 Å². The van der Waals surface area contributed by atoms with Crippen LogP contribution in [-0.4, -0.2) is 37.2 Å². The molecule has 62 heavy (non-hydrogen) atoms. The Labute approximate surface area is 385 Å². The highest BCUT2D eigenvalue weighted by Gasteiger charge is 2.19. The molecule has 0 radical (unpaired) electrons. The summed E-state index contributed by atoms with van der Waals surface area (Å²) in [5.74, 6) is -0.868. The van der Waals surface area contributed by atoms with Crippen molar-refractivity contribution in [2.45, 2.75) is 303 Å². The molecule has 0 aliphatic heterocycles. The highest BCUT2D eigenvalue weighted by molar-refractivity contribution is 5.71. The number of carbonyl (C=O) groups is 3. The zero-order valence-corrected chi connectivity index (χ0v) is 41.7. The number of hydrogen-bond acceptors (Lipinski definition) is 6. The van der Waals surface area contributed by atoms with Crippen LogP contribution in [0, 0.1) is 0 Å². The molecule has 0 aromatic carbocycles. The summed E-state index contributed by atoms with van der Waals surface area (Å²) < 4.78 is 16.8. The molecule has 0 amide bonds. The van der Waals surface area contributed by atoms with Crippen LogP contribution in [0.2, 0.25) is 0 Å². The summed E-state index contributed by atoms with van der Waals surface area (Å²) in [4.78, 5) is 37.9. The Morgan fingerprint density at radius 2 is 0.548 bits per heavy atom. The van der Waals surface area contributed by atoms with E-state index in [-0.39, 0.29) is 31.1 Å². The average molecular weight is 873 g/mol. The Morgan fingerprint density at radius 1 is 0.306 bits per heavy atom. The van der Waals surface area contributed by atoms with E-state index in [1.54, 1.807) is 0 Å². The molecule has 6 heteroatoms. The van der Waals surface area contributed by atoms with Gasteiger partial charge in [0.25, 0.3) is 0 Å². The minimum absolute atomic E-state index is 0.0708. The van der Waals surface area contributed by atoms with Gasteiger partial charge in [-0.05, 0) is 64.2 Å². The number of allylic oxidation sites excluding steroid dienone is 4. The minimum Gasteiger partial charge on any atom is -0.462 e. The van der Waals surface area contributed by atoms with Crippen LogP contribution in [0.3, 0.4) is 0 Å². The topological polar surface area (TPSA) is 78.9 Å². The molecule has 0 heterocycles. The Balaban J connectivity index is 4.23. The number of unbranched alkanes of at least 4 members (excludes halogenated alkanes) is 35. The van der Waals surface area contributed by atoms with Crippen LogP contribution in [0.4, 0.5) is 0 Å². The van der Waals surface area contributed by atoms with Gasteiger partial charge in [0, 0.05) is 19.3 Å². The van der Waals surface area contributed by atoms with Crippen LogP contribution in [-0.2, 0) is 28.6 Å². The van der Waals surface area contributed by atoms with Crippen LogP contribution in [0.25, 0.3) is 0 Å². The zero-order chi connectivity index (χ0) is 45.1. The summed E-state index contributed by atoms with van der Waals surface area (Å²) in [6, 6.07) is 0. The first-order valence-corrected chi connectivity index (χ1v) is 27.3. The third-order valence-corrected chi connectivity index (χ3v) is 12.2. The quantitative estimate of drug-likeness (QED) is 0.0262. The van der Waals surface area contributed by atoms with Crippen LogP contribution >= 0.6 is 0 Å². The van der Waals surface area contributed by atoms with E-state index in [2.05, 4.69) is 45.1 Å². The molecule has 0 spiro atoms. The van der Waals surface area contributed by atoms with Gasteiger partial charge in [0.1, 0.15) is 13.2 Å². The van der Waals surface area contributed by atoms with Crippen molar-refractivity contribution in [3.63, 3.8) is 0 Å². The first-order valence-electron chi connectivity index (χ1n) is 27.3. The summed E-state index contributed by atoms with van der Waals surface area (Å²) in [5, 5.41) is 0. The van der Waals surface area contributed by atoms with Crippen molar-refractivity contribution in [3.8, 4) is 0 Å². The van der Waals surface area contributed by atoms with Gasteiger partial charge in [0.05, 0.1) is 0 Å². The lowest BCUT2D eigenvalue weighted by Crippen LogP contribution is -2.30. The van der Waals surface area contributed by atoms with Gasteiger partial charge in [0.15, 0.2) is 6.10 Å². The van der Waals surface area contributed by atoms with Gasteiger partial charge >= 0.3 is 17.9 Å². The second-order valence-corrected chi connectivity index (χ2v) is 18.5. The second kappa shape index (κ2) is 51.5. The predicted molar refractivity (Wildman–Crippen MR) is 266 cm³/mol. The molecule has 0 saturated carbocycles. The first kappa shape index (κ1) is 59.9. The van der Waals surface area contributed by atoms with Crippen LogP contribution < -0.4 is 0 Å². The van der Waals surface area contributed by atoms with Crippen molar-refractivity contribution >= 4 is 17.9 Å². The maximum atomic E-state index is 12.8. The smallest absolute Gasteiger partial charge is 0.306 e. The lowest BCUT2D eigenvalue weighted by Gasteiger charge is -2.18. The molecule has 6 nitrogen and oxygen atoms in total. The Morgan fingerprint density at radius 3 is 0.855 bits per heavy atom. The van der Waals surface area contributed by atoms with Crippen molar-refractivity contribution in [2.24, 2.45) is 0 Å². The van der Waals surface area contributed by atoms with E-state index in [1.807, 2.05) is 0 Å².